The predicted octanol–water partition coefficient (Wildman–Crippen LogP) is 4.53. The van der Waals surface area contributed by atoms with E-state index in [9.17, 15) is 19.8 Å². The normalized spacial score (nSPS) is 18.3. The molecule has 0 spiro atoms. The van der Waals surface area contributed by atoms with Crippen LogP contribution in [0.1, 0.15) is 50.5 Å². The number of benzene rings is 1. The summed E-state index contributed by atoms with van der Waals surface area (Å²) in [5.41, 5.74) is -0.353. The molecular formula is C16H19FN2O2. The zero-order valence-corrected chi connectivity index (χ0v) is 12.0. The number of rotatable bonds is 3. The zero-order chi connectivity index (χ0) is 15.3. The summed E-state index contributed by atoms with van der Waals surface area (Å²) in [6, 6.07) is 5.87. The highest BCUT2D eigenvalue weighted by Gasteiger charge is 2.33. The Labute approximate surface area is 123 Å². The molecule has 0 amide bonds. The van der Waals surface area contributed by atoms with E-state index in [1.165, 1.54) is 18.6 Å². The lowest BCUT2D eigenvalue weighted by Gasteiger charge is -2.28. The second-order valence-corrected chi connectivity index (χ2v) is 5.87. The van der Waals surface area contributed by atoms with Crippen molar-refractivity contribution in [3.8, 4) is 6.07 Å². The van der Waals surface area contributed by atoms with Gasteiger partial charge in [-0.1, -0.05) is 32.1 Å². The van der Waals surface area contributed by atoms with Crippen molar-refractivity contribution in [2.75, 3.05) is 0 Å². The fraction of sp³-hybridized carbons (Fsp3) is 0.562. The SMILES string of the molecule is N#CC1(Cc2cc(F)ccc2[N+](=O)[O-])CCCCCCC1. The third kappa shape index (κ3) is 3.78. The molecule has 0 radical (unpaired) electrons. The number of hydrogen-bond donors (Lipinski definition) is 0. The van der Waals surface area contributed by atoms with E-state index in [4.69, 9.17) is 0 Å². The highest BCUT2D eigenvalue weighted by atomic mass is 19.1. The Morgan fingerprint density at radius 2 is 1.86 bits per heavy atom. The minimum absolute atomic E-state index is 0.0897. The van der Waals surface area contributed by atoms with Gasteiger partial charge in [0.05, 0.1) is 16.4 Å². The molecule has 1 aromatic carbocycles. The summed E-state index contributed by atoms with van der Waals surface area (Å²) in [5, 5.41) is 20.7. The molecule has 2 rings (SSSR count). The molecule has 1 aliphatic rings. The number of nitrogens with zero attached hydrogens (tertiary/aromatic N) is 2. The molecule has 4 nitrogen and oxygen atoms in total. The maximum absolute atomic E-state index is 13.4. The fourth-order valence-electron chi connectivity index (χ4n) is 3.15. The highest BCUT2D eigenvalue weighted by Crippen LogP contribution is 2.38. The molecule has 1 fully saturated rings. The number of halogens is 1. The van der Waals surface area contributed by atoms with Gasteiger partial charge < -0.3 is 0 Å². The van der Waals surface area contributed by atoms with Crippen LogP contribution in [-0.4, -0.2) is 4.92 Å². The van der Waals surface area contributed by atoms with Crippen molar-refractivity contribution in [2.24, 2.45) is 5.41 Å². The first-order valence-corrected chi connectivity index (χ1v) is 7.40. The molecular weight excluding hydrogens is 271 g/mol. The van der Waals surface area contributed by atoms with Gasteiger partial charge in [-0.25, -0.2) is 4.39 Å². The Morgan fingerprint density at radius 1 is 1.24 bits per heavy atom. The van der Waals surface area contributed by atoms with Gasteiger partial charge in [0.15, 0.2) is 0 Å². The van der Waals surface area contributed by atoms with Gasteiger partial charge in [0.2, 0.25) is 0 Å². The number of nitro benzene ring substituents is 1. The quantitative estimate of drug-likeness (QED) is 0.606. The van der Waals surface area contributed by atoms with Gasteiger partial charge >= 0.3 is 0 Å². The molecule has 0 saturated heterocycles. The van der Waals surface area contributed by atoms with Crippen LogP contribution in [0.5, 0.6) is 0 Å². The molecule has 0 aromatic heterocycles. The number of hydrogen-bond acceptors (Lipinski definition) is 3. The van der Waals surface area contributed by atoms with Crippen molar-refractivity contribution in [2.45, 2.75) is 51.4 Å². The number of nitro groups is 1. The first kappa shape index (κ1) is 15.4. The average Bonchev–Trinajstić information content (AvgIpc) is 2.42. The third-order valence-corrected chi connectivity index (χ3v) is 4.31. The summed E-state index contributed by atoms with van der Waals surface area (Å²) in [6.45, 7) is 0. The Balaban J connectivity index is 2.31. The van der Waals surface area contributed by atoms with Crippen LogP contribution in [0.2, 0.25) is 0 Å². The van der Waals surface area contributed by atoms with E-state index in [2.05, 4.69) is 6.07 Å². The Bertz CT molecular complexity index is 558. The lowest BCUT2D eigenvalue weighted by atomic mass is 9.73. The standard InChI is InChI=1S/C16H19FN2O2/c17-14-6-7-15(19(20)21)13(10-14)11-16(12-18)8-4-2-1-3-5-9-16/h6-7,10H,1-5,8-9,11H2. The first-order valence-electron chi connectivity index (χ1n) is 7.40. The lowest BCUT2D eigenvalue weighted by Crippen LogP contribution is -2.23. The van der Waals surface area contributed by atoms with Crippen LogP contribution in [0, 0.1) is 32.7 Å². The van der Waals surface area contributed by atoms with E-state index in [1.807, 2.05) is 0 Å². The van der Waals surface area contributed by atoms with Crippen LogP contribution in [0.15, 0.2) is 18.2 Å². The minimum Gasteiger partial charge on any atom is -0.258 e. The van der Waals surface area contributed by atoms with Crippen molar-refractivity contribution >= 4 is 5.69 Å². The predicted molar refractivity (Wildman–Crippen MR) is 77.1 cm³/mol. The summed E-state index contributed by atoms with van der Waals surface area (Å²) in [5.74, 6) is -0.491. The maximum atomic E-state index is 13.4. The molecule has 5 heteroatoms. The van der Waals surface area contributed by atoms with Gasteiger partial charge in [0, 0.05) is 11.6 Å². The van der Waals surface area contributed by atoms with E-state index in [-0.39, 0.29) is 12.1 Å². The van der Waals surface area contributed by atoms with Crippen molar-refractivity contribution in [3.63, 3.8) is 0 Å². The van der Waals surface area contributed by atoms with Gasteiger partial charge in [-0.05, 0) is 31.4 Å². The molecule has 112 valence electrons. The van der Waals surface area contributed by atoms with Gasteiger partial charge in [-0.15, -0.1) is 0 Å². The average molecular weight is 290 g/mol. The second kappa shape index (κ2) is 6.66. The molecule has 0 unspecified atom stereocenters. The van der Waals surface area contributed by atoms with Crippen molar-refractivity contribution < 1.29 is 9.31 Å². The highest BCUT2D eigenvalue weighted by molar-refractivity contribution is 5.41. The summed E-state index contributed by atoms with van der Waals surface area (Å²) in [6.07, 6.45) is 7.00. The van der Waals surface area contributed by atoms with E-state index in [1.54, 1.807) is 0 Å². The van der Waals surface area contributed by atoms with Crippen molar-refractivity contribution in [1.29, 1.82) is 5.26 Å². The van der Waals surface area contributed by atoms with E-state index >= 15 is 0 Å². The van der Waals surface area contributed by atoms with E-state index in [0.29, 0.717) is 5.56 Å². The summed E-state index contributed by atoms with van der Waals surface area (Å²) in [7, 11) is 0. The molecule has 0 aliphatic heterocycles. The fourth-order valence-corrected chi connectivity index (χ4v) is 3.15. The molecule has 1 saturated carbocycles. The molecule has 0 atom stereocenters. The van der Waals surface area contributed by atoms with Crippen LogP contribution in [0.3, 0.4) is 0 Å². The Morgan fingerprint density at radius 3 is 2.43 bits per heavy atom. The van der Waals surface area contributed by atoms with Crippen LogP contribution in [-0.2, 0) is 6.42 Å². The zero-order valence-electron chi connectivity index (χ0n) is 12.0. The smallest absolute Gasteiger partial charge is 0.258 e. The molecule has 21 heavy (non-hydrogen) atoms. The summed E-state index contributed by atoms with van der Waals surface area (Å²) in [4.78, 5) is 10.6. The van der Waals surface area contributed by atoms with Gasteiger partial charge in [-0.3, -0.25) is 10.1 Å². The molecule has 0 N–H and O–H groups in total. The molecule has 1 aromatic rings. The van der Waals surface area contributed by atoms with Crippen LogP contribution < -0.4 is 0 Å². The maximum Gasteiger partial charge on any atom is 0.272 e. The second-order valence-electron chi connectivity index (χ2n) is 5.87. The molecule has 0 heterocycles. The topological polar surface area (TPSA) is 66.9 Å². The lowest BCUT2D eigenvalue weighted by molar-refractivity contribution is -0.385. The van der Waals surface area contributed by atoms with Crippen LogP contribution in [0.4, 0.5) is 10.1 Å². The van der Waals surface area contributed by atoms with Crippen molar-refractivity contribution in [3.05, 3.63) is 39.7 Å². The minimum atomic E-state index is -0.598. The largest absolute Gasteiger partial charge is 0.272 e. The third-order valence-electron chi connectivity index (χ3n) is 4.31. The summed E-state index contributed by atoms with van der Waals surface area (Å²) >= 11 is 0. The van der Waals surface area contributed by atoms with Gasteiger partial charge in [0.1, 0.15) is 5.82 Å². The molecule has 0 bridgehead atoms. The monoisotopic (exact) mass is 290 g/mol. The number of nitriles is 1. The molecule has 1 aliphatic carbocycles. The Kier molecular flexibility index (Phi) is 4.89. The van der Waals surface area contributed by atoms with Crippen LogP contribution >= 0.6 is 0 Å². The Hall–Kier alpha value is -1.96. The summed E-state index contributed by atoms with van der Waals surface area (Å²) < 4.78 is 13.4. The first-order chi connectivity index (χ1) is 10.1. The van der Waals surface area contributed by atoms with E-state index in [0.717, 1.165) is 44.6 Å². The van der Waals surface area contributed by atoms with E-state index < -0.39 is 16.2 Å². The van der Waals surface area contributed by atoms with Crippen molar-refractivity contribution in [1.82, 2.24) is 0 Å². The van der Waals surface area contributed by atoms with Gasteiger partial charge in [-0.2, -0.15) is 5.26 Å². The van der Waals surface area contributed by atoms with Crippen LogP contribution in [0.25, 0.3) is 0 Å². The van der Waals surface area contributed by atoms with Gasteiger partial charge in [0.25, 0.3) is 5.69 Å².